The first-order chi connectivity index (χ1) is 8.16. The van der Waals surface area contributed by atoms with Crippen molar-refractivity contribution in [3.63, 3.8) is 0 Å². The second-order valence-corrected chi connectivity index (χ2v) is 3.55. The number of nitrogens with one attached hydrogen (secondary N) is 1. The highest BCUT2D eigenvalue weighted by Crippen LogP contribution is 2.23. The molecule has 0 aliphatic heterocycles. The third kappa shape index (κ3) is 3.96. The van der Waals surface area contributed by atoms with E-state index in [0.29, 0.717) is 19.8 Å². The Morgan fingerprint density at radius 1 is 1.53 bits per heavy atom. The molecule has 0 fully saturated rings. The molecule has 0 aliphatic carbocycles. The molecule has 0 aliphatic rings. The van der Waals surface area contributed by atoms with Crippen LogP contribution in [0.4, 0.5) is 5.69 Å². The van der Waals surface area contributed by atoms with Gasteiger partial charge in [0.15, 0.2) is 5.75 Å². The molecule has 0 bridgehead atoms. The van der Waals surface area contributed by atoms with Gasteiger partial charge in [-0.2, -0.15) is 0 Å². The zero-order valence-electron chi connectivity index (χ0n) is 9.90. The highest BCUT2D eigenvalue weighted by Gasteiger charge is 2.11. The number of carbonyl (C=O) groups excluding carboxylic acids is 1. The molecule has 5 nitrogen and oxygen atoms in total. The summed E-state index contributed by atoms with van der Waals surface area (Å²) in [5, 5.41) is 12.3. The first-order valence-corrected chi connectivity index (χ1v) is 5.60. The average Bonchev–Trinajstić information content (AvgIpc) is 2.32. The summed E-state index contributed by atoms with van der Waals surface area (Å²) in [5.74, 6) is -0.499. The van der Waals surface area contributed by atoms with E-state index in [2.05, 4.69) is 5.32 Å². The van der Waals surface area contributed by atoms with Crippen molar-refractivity contribution in [2.75, 3.05) is 25.5 Å². The van der Waals surface area contributed by atoms with E-state index in [1.54, 1.807) is 12.1 Å². The van der Waals surface area contributed by atoms with Gasteiger partial charge in [-0.05, 0) is 25.5 Å². The van der Waals surface area contributed by atoms with Crippen molar-refractivity contribution in [1.29, 1.82) is 0 Å². The number of aromatic hydroxyl groups is 1. The van der Waals surface area contributed by atoms with Crippen molar-refractivity contribution in [3.8, 4) is 5.75 Å². The van der Waals surface area contributed by atoms with Crippen molar-refractivity contribution in [1.82, 2.24) is 5.32 Å². The van der Waals surface area contributed by atoms with Gasteiger partial charge in [0, 0.05) is 19.8 Å². The van der Waals surface area contributed by atoms with Gasteiger partial charge in [0.25, 0.3) is 5.91 Å². The number of para-hydroxylation sites is 1. The van der Waals surface area contributed by atoms with Gasteiger partial charge in [0.05, 0.1) is 11.3 Å². The van der Waals surface area contributed by atoms with Crippen LogP contribution in [0.3, 0.4) is 0 Å². The van der Waals surface area contributed by atoms with E-state index in [4.69, 9.17) is 10.5 Å². The van der Waals surface area contributed by atoms with Crippen molar-refractivity contribution >= 4 is 11.6 Å². The lowest BCUT2D eigenvalue weighted by Gasteiger charge is -2.08. The fourth-order valence-electron chi connectivity index (χ4n) is 1.36. The predicted octanol–water partition coefficient (Wildman–Crippen LogP) is 1.13. The Bertz CT molecular complexity index is 380. The van der Waals surface area contributed by atoms with E-state index >= 15 is 0 Å². The number of amides is 1. The molecule has 0 saturated carbocycles. The number of phenols is 1. The Kier molecular flexibility index (Phi) is 5.29. The van der Waals surface area contributed by atoms with Crippen LogP contribution in [0.5, 0.6) is 5.75 Å². The van der Waals surface area contributed by atoms with Crippen molar-refractivity contribution in [2.45, 2.75) is 13.3 Å². The summed E-state index contributed by atoms with van der Waals surface area (Å²) in [7, 11) is 0. The zero-order valence-corrected chi connectivity index (χ0v) is 9.90. The predicted molar refractivity (Wildman–Crippen MR) is 66.0 cm³/mol. The van der Waals surface area contributed by atoms with E-state index in [1.807, 2.05) is 6.92 Å². The summed E-state index contributed by atoms with van der Waals surface area (Å²) < 4.78 is 5.14. The number of rotatable bonds is 6. The molecule has 0 radical (unpaired) electrons. The Hall–Kier alpha value is -1.75. The third-order valence-electron chi connectivity index (χ3n) is 2.27. The fourth-order valence-corrected chi connectivity index (χ4v) is 1.36. The van der Waals surface area contributed by atoms with Gasteiger partial charge in [0.2, 0.25) is 0 Å². The molecule has 94 valence electrons. The Balaban J connectivity index is 2.44. The summed E-state index contributed by atoms with van der Waals surface area (Å²) in [5.41, 5.74) is 5.90. The molecule has 4 N–H and O–H groups in total. The average molecular weight is 238 g/mol. The van der Waals surface area contributed by atoms with Crippen LogP contribution in [0.1, 0.15) is 23.7 Å². The van der Waals surface area contributed by atoms with Crippen LogP contribution in [0, 0.1) is 0 Å². The van der Waals surface area contributed by atoms with Crippen LogP contribution in [0.2, 0.25) is 0 Å². The monoisotopic (exact) mass is 238 g/mol. The number of nitrogens with two attached hydrogens (primary N) is 1. The van der Waals surface area contributed by atoms with Crippen LogP contribution < -0.4 is 11.1 Å². The van der Waals surface area contributed by atoms with Gasteiger partial charge < -0.3 is 20.9 Å². The summed E-state index contributed by atoms with van der Waals surface area (Å²) in [6.07, 6.45) is 0.739. The molecule has 1 aromatic carbocycles. The van der Waals surface area contributed by atoms with Crippen LogP contribution in [0.25, 0.3) is 0 Å². The first kappa shape index (κ1) is 13.3. The van der Waals surface area contributed by atoms with Gasteiger partial charge >= 0.3 is 0 Å². The zero-order chi connectivity index (χ0) is 12.7. The lowest BCUT2D eigenvalue weighted by molar-refractivity contribution is 0.0941. The molecular formula is C12H18N2O3. The lowest BCUT2D eigenvalue weighted by Crippen LogP contribution is -2.25. The smallest absolute Gasteiger partial charge is 0.255 e. The maximum Gasteiger partial charge on any atom is 0.255 e. The van der Waals surface area contributed by atoms with Gasteiger partial charge in [-0.15, -0.1) is 0 Å². The van der Waals surface area contributed by atoms with Gasteiger partial charge in [-0.1, -0.05) is 6.07 Å². The number of carbonyl (C=O) groups is 1. The van der Waals surface area contributed by atoms with E-state index in [0.717, 1.165) is 6.42 Å². The molecule has 0 heterocycles. The number of hydrogen-bond acceptors (Lipinski definition) is 4. The fraction of sp³-hybridized carbons (Fsp3) is 0.417. The van der Waals surface area contributed by atoms with Gasteiger partial charge in [-0.3, -0.25) is 4.79 Å². The molecule has 1 rings (SSSR count). The van der Waals surface area contributed by atoms with Crippen LogP contribution in [0.15, 0.2) is 18.2 Å². The summed E-state index contributed by atoms with van der Waals surface area (Å²) in [6.45, 7) is 3.71. The molecule has 1 amide bonds. The Morgan fingerprint density at radius 2 is 2.29 bits per heavy atom. The van der Waals surface area contributed by atoms with Crippen molar-refractivity contribution in [2.24, 2.45) is 0 Å². The van der Waals surface area contributed by atoms with Gasteiger partial charge in [0.1, 0.15) is 0 Å². The largest absolute Gasteiger partial charge is 0.505 e. The summed E-state index contributed by atoms with van der Waals surface area (Å²) >= 11 is 0. The lowest BCUT2D eigenvalue weighted by atomic mass is 10.1. The highest BCUT2D eigenvalue weighted by atomic mass is 16.5. The Labute approximate surface area is 101 Å². The first-order valence-electron chi connectivity index (χ1n) is 5.60. The third-order valence-corrected chi connectivity index (χ3v) is 2.27. The number of anilines is 1. The molecule has 0 spiro atoms. The van der Waals surface area contributed by atoms with Crippen molar-refractivity contribution in [3.05, 3.63) is 23.8 Å². The van der Waals surface area contributed by atoms with E-state index in [1.165, 1.54) is 6.07 Å². The van der Waals surface area contributed by atoms with E-state index in [9.17, 15) is 9.90 Å². The topological polar surface area (TPSA) is 84.6 Å². The second-order valence-electron chi connectivity index (χ2n) is 3.55. The Morgan fingerprint density at radius 3 is 3.00 bits per heavy atom. The maximum atomic E-state index is 11.7. The van der Waals surface area contributed by atoms with Crippen molar-refractivity contribution < 1.29 is 14.6 Å². The molecule has 17 heavy (non-hydrogen) atoms. The molecule has 5 heteroatoms. The highest BCUT2D eigenvalue weighted by molar-refractivity contribution is 5.98. The summed E-state index contributed by atoms with van der Waals surface area (Å²) in [6, 6.07) is 4.70. The molecular weight excluding hydrogens is 220 g/mol. The minimum Gasteiger partial charge on any atom is -0.505 e. The molecule has 0 saturated heterocycles. The second kappa shape index (κ2) is 6.75. The minimum absolute atomic E-state index is 0.171. The van der Waals surface area contributed by atoms with Crippen LogP contribution in [-0.4, -0.2) is 30.8 Å². The van der Waals surface area contributed by atoms with Crippen LogP contribution >= 0.6 is 0 Å². The minimum atomic E-state index is -0.328. The van der Waals surface area contributed by atoms with E-state index in [-0.39, 0.29) is 22.9 Å². The summed E-state index contributed by atoms with van der Waals surface area (Å²) in [4.78, 5) is 11.7. The number of hydrogen-bond donors (Lipinski definition) is 3. The quantitative estimate of drug-likeness (QED) is 0.394. The number of ether oxygens (including phenoxy) is 1. The standard InChI is InChI=1S/C12H18N2O3/c1-2-17-8-4-7-14-12(16)9-5-3-6-10(13)11(9)15/h3,5-6,15H,2,4,7-8,13H2,1H3,(H,14,16). The number of nitrogen functional groups attached to an aromatic ring is 1. The number of benzene rings is 1. The maximum absolute atomic E-state index is 11.7. The molecule has 0 unspecified atom stereocenters. The normalized spacial score (nSPS) is 10.2. The molecule has 0 atom stereocenters. The van der Waals surface area contributed by atoms with Crippen LogP contribution in [-0.2, 0) is 4.74 Å². The SMILES string of the molecule is CCOCCCNC(=O)c1cccc(N)c1O. The molecule has 1 aromatic rings. The number of phenolic OH excluding ortho intramolecular Hbond substituents is 1. The van der Waals surface area contributed by atoms with E-state index < -0.39 is 0 Å². The molecule has 0 aromatic heterocycles. The van der Waals surface area contributed by atoms with Gasteiger partial charge in [-0.25, -0.2) is 0 Å².